The normalized spacial score (nSPS) is 16.7. The Morgan fingerprint density at radius 1 is 0.889 bits per heavy atom. The molecule has 0 aromatic heterocycles. The molecule has 1 aromatic rings. The monoisotopic (exact) mass is 256 g/mol. The van der Waals surface area contributed by atoms with E-state index < -0.39 is 8.07 Å². The van der Waals surface area contributed by atoms with Crippen LogP contribution in [0, 0.1) is 0 Å². The van der Waals surface area contributed by atoms with Crippen molar-refractivity contribution < 1.29 is 0 Å². The van der Waals surface area contributed by atoms with Gasteiger partial charge in [0.2, 0.25) is 0 Å². The van der Waals surface area contributed by atoms with Gasteiger partial charge in [-0.2, -0.15) is 0 Å². The second-order valence-electron chi connectivity index (χ2n) is 5.48. The molecular weight excluding hydrogens is 232 g/mol. The van der Waals surface area contributed by atoms with Crippen molar-refractivity contribution in [2.75, 3.05) is 0 Å². The minimum Gasteiger partial charge on any atom is -0.0685 e. The topological polar surface area (TPSA) is 0 Å². The Labute approximate surface area is 112 Å². The largest absolute Gasteiger partial charge is 0.0972 e. The van der Waals surface area contributed by atoms with Gasteiger partial charge in [-0.25, -0.2) is 0 Å². The molecule has 1 aliphatic rings. The molecule has 2 rings (SSSR count). The van der Waals surface area contributed by atoms with Crippen LogP contribution in [0.1, 0.15) is 27.7 Å². The first-order chi connectivity index (χ1) is 8.65. The second-order valence-corrected chi connectivity index (χ2v) is 10.4. The fourth-order valence-electron chi connectivity index (χ4n) is 3.69. The maximum Gasteiger partial charge on any atom is 0.0972 e. The van der Waals surface area contributed by atoms with E-state index in [-0.39, 0.29) is 0 Å². The van der Waals surface area contributed by atoms with Gasteiger partial charge in [-0.15, -0.1) is 0 Å². The van der Waals surface area contributed by atoms with Gasteiger partial charge in [-0.05, 0) is 13.8 Å². The van der Waals surface area contributed by atoms with E-state index in [1.54, 1.807) is 16.3 Å². The Hall–Kier alpha value is -1.08. The van der Waals surface area contributed by atoms with Crippen molar-refractivity contribution in [1.82, 2.24) is 0 Å². The standard InChI is InChI=1S/C17H24Si/c1-5-18(6-2,16-10-8-7-9-11-16)17-14(3)12-13-15(17)4/h7-13,17H,5-6H2,1-4H3. The SMILES string of the molecule is CC[Si](CC)(c1ccccc1)C1C(C)=CC=C1C. The maximum atomic E-state index is 2.39. The van der Waals surface area contributed by atoms with Crippen LogP contribution < -0.4 is 5.19 Å². The third kappa shape index (κ3) is 2.01. The van der Waals surface area contributed by atoms with Crippen molar-refractivity contribution in [2.45, 2.75) is 45.3 Å². The first-order valence-electron chi connectivity index (χ1n) is 7.06. The summed E-state index contributed by atoms with van der Waals surface area (Å²) in [5, 5.41) is 1.63. The van der Waals surface area contributed by atoms with E-state index in [1.165, 1.54) is 12.1 Å². The summed E-state index contributed by atoms with van der Waals surface area (Å²) in [6.45, 7) is 9.41. The predicted molar refractivity (Wildman–Crippen MR) is 84.1 cm³/mol. The summed E-state index contributed by atoms with van der Waals surface area (Å²) in [6.07, 6.45) is 4.66. The summed E-state index contributed by atoms with van der Waals surface area (Å²) in [5.41, 5.74) is 3.87. The van der Waals surface area contributed by atoms with E-state index in [4.69, 9.17) is 0 Å². The van der Waals surface area contributed by atoms with Crippen LogP contribution in [0.15, 0.2) is 53.6 Å². The lowest BCUT2D eigenvalue weighted by molar-refractivity contribution is 1.04. The lowest BCUT2D eigenvalue weighted by Crippen LogP contribution is -2.51. The molecule has 0 heterocycles. The molecule has 18 heavy (non-hydrogen) atoms. The van der Waals surface area contributed by atoms with Crippen LogP contribution in [0.25, 0.3) is 0 Å². The smallest absolute Gasteiger partial charge is 0.0685 e. The number of allylic oxidation sites excluding steroid dienone is 4. The summed E-state index contributed by atoms with van der Waals surface area (Å²) in [5.74, 6) is 0. The average Bonchev–Trinajstić information content (AvgIpc) is 2.75. The number of benzene rings is 1. The molecular formula is C17H24Si. The molecule has 0 nitrogen and oxygen atoms in total. The molecule has 1 aliphatic carbocycles. The predicted octanol–water partition coefficient (Wildman–Crippen LogP) is 4.66. The Balaban J connectivity index is 2.52. The van der Waals surface area contributed by atoms with Crippen molar-refractivity contribution in [3.63, 3.8) is 0 Å². The maximum absolute atomic E-state index is 2.39. The molecule has 0 aliphatic heterocycles. The van der Waals surface area contributed by atoms with Crippen LogP contribution in [0.5, 0.6) is 0 Å². The van der Waals surface area contributed by atoms with E-state index in [0.29, 0.717) is 0 Å². The first kappa shape index (κ1) is 13.4. The van der Waals surface area contributed by atoms with Gasteiger partial charge >= 0.3 is 0 Å². The van der Waals surface area contributed by atoms with E-state index in [9.17, 15) is 0 Å². The minimum absolute atomic E-state index is 0.717. The second kappa shape index (κ2) is 5.27. The fraction of sp³-hybridized carbons (Fsp3) is 0.412. The average molecular weight is 256 g/mol. The molecule has 0 bridgehead atoms. The molecule has 0 fully saturated rings. The zero-order valence-electron chi connectivity index (χ0n) is 12.0. The van der Waals surface area contributed by atoms with Crippen LogP contribution in [0.4, 0.5) is 0 Å². The summed E-state index contributed by atoms with van der Waals surface area (Å²) in [6, 6.07) is 13.9. The van der Waals surface area contributed by atoms with Crippen LogP contribution in [-0.2, 0) is 0 Å². The van der Waals surface area contributed by atoms with Crippen molar-refractivity contribution in [3.8, 4) is 0 Å². The molecule has 0 amide bonds. The van der Waals surface area contributed by atoms with Crippen LogP contribution >= 0.6 is 0 Å². The molecule has 1 heteroatoms. The summed E-state index contributed by atoms with van der Waals surface area (Å²) >= 11 is 0. The Kier molecular flexibility index (Phi) is 3.91. The van der Waals surface area contributed by atoms with Crippen LogP contribution in [0.3, 0.4) is 0 Å². The quantitative estimate of drug-likeness (QED) is 0.687. The summed E-state index contributed by atoms with van der Waals surface area (Å²) < 4.78 is 0. The van der Waals surface area contributed by atoms with E-state index in [2.05, 4.69) is 70.2 Å². The van der Waals surface area contributed by atoms with E-state index >= 15 is 0 Å². The Bertz CT molecular complexity index is 446. The zero-order valence-corrected chi connectivity index (χ0v) is 13.0. The summed E-state index contributed by atoms with van der Waals surface area (Å²) in [4.78, 5) is 0. The van der Waals surface area contributed by atoms with Gasteiger partial charge in [-0.1, -0.05) is 84.8 Å². The lowest BCUT2D eigenvalue weighted by atomic mass is 10.2. The molecule has 0 saturated carbocycles. The molecule has 0 radical (unpaired) electrons. The van der Waals surface area contributed by atoms with Gasteiger partial charge in [0.25, 0.3) is 0 Å². The highest BCUT2D eigenvalue weighted by Gasteiger charge is 2.42. The Morgan fingerprint density at radius 2 is 1.39 bits per heavy atom. The number of hydrogen-bond donors (Lipinski definition) is 0. The Morgan fingerprint density at radius 3 is 1.83 bits per heavy atom. The molecule has 0 N–H and O–H groups in total. The van der Waals surface area contributed by atoms with Gasteiger partial charge in [0.05, 0.1) is 8.07 Å². The van der Waals surface area contributed by atoms with Crippen molar-refractivity contribution >= 4 is 13.3 Å². The highest BCUT2D eigenvalue weighted by atomic mass is 28.3. The fourth-order valence-corrected chi connectivity index (χ4v) is 8.95. The van der Waals surface area contributed by atoms with Gasteiger partial charge in [-0.3, -0.25) is 0 Å². The van der Waals surface area contributed by atoms with Gasteiger partial charge < -0.3 is 0 Å². The minimum atomic E-state index is -1.45. The number of hydrogen-bond acceptors (Lipinski definition) is 0. The molecule has 0 unspecified atom stereocenters. The molecule has 0 atom stereocenters. The molecule has 0 spiro atoms. The highest BCUT2D eigenvalue weighted by molar-refractivity contribution is 6.94. The first-order valence-corrected chi connectivity index (χ1v) is 9.55. The lowest BCUT2D eigenvalue weighted by Gasteiger charge is -2.38. The van der Waals surface area contributed by atoms with Gasteiger partial charge in [0.15, 0.2) is 0 Å². The number of rotatable bonds is 4. The van der Waals surface area contributed by atoms with Crippen molar-refractivity contribution in [1.29, 1.82) is 0 Å². The van der Waals surface area contributed by atoms with E-state index in [1.807, 2.05) is 0 Å². The van der Waals surface area contributed by atoms with Crippen molar-refractivity contribution in [3.05, 3.63) is 53.6 Å². The van der Waals surface area contributed by atoms with Gasteiger partial charge in [0, 0.05) is 5.54 Å². The van der Waals surface area contributed by atoms with Crippen molar-refractivity contribution in [2.24, 2.45) is 0 Å². The zero-order chi connectivity index (χ0) is 13.2. The third-order valence-electron chi connectivity index (χ3n) is 4.68. The highest BCUT2D eigenvalue weighted by Crippen LogP contribution is 2.43. The molecule has 0 saturated heterocycles. The third-order valence-corrected chi connectivity index (χ3v) is 10.7. The van der Waals surface area contributed by atoms with Crippen LogP contribution in [0.2, 0.25) is 17.6 Å². The molecule has 1 aromatic carbocycles. The van der Waals surface area contributed by atoms with Crippen LogP contribution in [-0.4, -0.2) is 8.07 Å². The summed E-state index contributed by atoms with van der Waals surface area (Å²) in [7, 11) is -1.45. The van der Waals surface area contributed by atoms with Gasteiger partial charge in [0.1, 0.15) is 0 Å². The molecule has 96 valence electrons. The van der Waals surface area contributed by atoms with E-state index in [0.717, 1.165) is 5.54 Å².